The highest BCUT2D eigenvalue weighted by molar-refractivity contribution is 6.01. The fourth-order valence-electron chi connectivity index (χ4n) is 5.42. The number of hydrazone groups is 1. The molecule has 0 spiro atoms. The van der Waals surface area contributed by atoms with Crippen molar-refractivity contribution in [1.82, 2.24) is 0 Å². The molecule has 1 atom stereocenters. The van der Waals surface area contributed by atoms with E-state index in [1.807, 2.05) is 72.7 Å². The zero-order valence-electron chi connectivity index (χ0n) is 25.3. The molecule has 1 unspecified atom stereocenters. The third kappa shape index (κ3) is 6.16. The van der Waals surface area contributed by atoms with Crippen LogP contribution in [0.15, 0.2) is 117 Å². The number of fused-ring (bicyclic) bond motifs is 1. The van der Waals surface area contributed by atoms with Crippen LogP contribution in [0.3, 0.4) is 0 Å². The molecule has 0 fully saturated rings. The van der Waals surface area contributed by atoms with E-state index in [0.29, 0.717) is 23.1 Å². The van der Waals surface area contributed by atoms with Gasteiger partial charge < -0.3 is 19.5 Å². The van der Waals surface area contributed by atoms with Crippen LogP contribution in [0, 0.1) is 0 Å². The maximum Gasteiger partial charge on any atom is 0.344 e. The lowest BCUT2D eigenvalue weighted by atomic mass is 9.99. The summed E-state index contributed by atoms with van der Waals surface area (Å²) in [6, 6.07) is 28.3. The molecule has 0 bridgehead atoms. The van der Waals surface area contributed by atoms with Crippen LogP contribution in [-0.2, 0) is 0 Å². The van der Waals surface area contributed by atoms with Crippen LogP contribution < -0.4 is 15.5 Å². The average molecular weight is 614 g/mol. The molecule has 6 rings (SSSR count). The van der Waals surface area contributed by atoms with Crippen molar-refractivity contribution in [2.75, 3.05) is 23.5 Å². The number of carboxylic acid groups (broad SMARTS) is 2. The fraction of sp³-hybridized carbons (Fsp3) is 0.135. The first-order chi connectivity index (χ1) is 22.2. The molecular weight excluding hydrogens is 582 g/mol. The van der Waals surface area contributed by atoms with Gasteiger partial charge in [-0.05, 0) is 84.3 Å². The van der Waals surface area contributed by atoms with Crippen LogP contribution in [0.25, 0.3) is 28.2 Å². The second-order valence-electron chi connectivity index (χ2n) is 11.1. The van der Waals surface area contributed by atoms with Gasteiger partial charge in [0.05, 0.1) is 34.1 Å². The number of nitrogens with zero attached hydrogens (tertiary/aromatic N) is 3. The summed E-state index contributed by atoms with van der Waals surface area (Å²) >= 11 is 0. The normalized spacial score (nSPS) is 14.5. The molecule has 1 aromatic heterocycles. The highest BCUT2D eigenvalue weighted by Crippen LogP contribution is 2.37. The summed E-state index contributed by atoms with van der Waals surface area (Å²) in [4.78, 5) is 37.7. The van der Waals surface area contributed by atoms with Crippen LogP contribution in [0.1, 0.15) is 51.2 Å². The Kier molecular flexibility index (Phi) is 8.22. The number of allylic oxidation sites excluding steroid dienone is 1. The van der Waals surface area contributed by atoms with Gasteiger partial charge in [0.25, 0.3) is 0 Å². The van der Waals surface area contributed by atoms with Gasteiger partial charge >= 0.3 is 17.6 Å². The van der Waals surface area contributed by atoms with Crippen molar-refractivity contribution >= 4 is 46.1 Å². The standard InChI is InChI=1S/C37H31N3O6/c1-3-39(2)31-19-15-28-20-32(37(45)46-34(28)22-31)24-13-17-30(18-14-24)40-33(25-9-11-27(12-10-25)36(43)44)21-29(38-40)16-6-23-4-7-26(8-5-23)35(41)42/h4-20,22,33H,3,21H2,1-2H3,(H,41,42)(H,43,44). The van der Waals surface area contributed by atoms with E-state index in [1.165, 1.54) is 0 Å². The molecule has 0 amide bonds. The Labute approximate surface area is 265 Å². The number of hydrogen-bond donors (Lipinski definition) is 2. The quantitative estimate of drug-likeness (QED) is 0.166. The Morgan fingerprint density at radius 2 is 1.54 bits per heavy atom. The summed E-state index contributed by atoms with van der Waals surface area (Å²) in [6.07, 6.45) is 4.33. The minimum absolute atomic E-state index is 0.200. The largest absolute Gasteiger partial charge is 0.478 e. The third-order valence-corrected chi connectivity index (χ3v) is 8.18. The predicted molar refractivity (Wildman–Crippen MR) is 180 cm³/mol. The molecule has 0 aliphatic carbocycles. The number of aromatic carboxylic acids is 2. The van der Waals surface area contributed by atoms with E-state index < -0.39 is 17.6 Å². The number of rotatable bonds is 9. The molecule has 5 aromatic rings. The molecule has 1 aliphatic rings. The molecule has 4 aromatic carbocycles. The highest BCUT2D eigenvalue weighted by Gasteiger charge is 2.28. The zero-order chi connectivity index (χ0) is 32.4. The summed E-state index contributed by atoms with van der Waals surface area (Å²) in [5, 5.41) is 26.2. The van der Waals surface area contributed by atoms with Gasteiger partial charge in [-0.2, -0.15) is 5.10 Å². The summed E-state index contributed by atoms with van der Waals surface area (Å²) in [6.45, 7) is 2.88. The van der Waals surface area contributed by atoms with Crippen molar-refractivity contribution in [2.24, 2.45) is 5.10 Å². The Bertz CT molecular complexity index is 2050. The van der Waals surface area contributed by atoms with Crippen molar-refractivity contribution in [3.05, 3.63) is 136 Å². The van der Waals surface area contributed by atoms with Crippen molar-refractivity contribution in [2.45, 2.75) is 19.4 Å². The average Bonchev–Trinajstić information content (AvgIpc) is 3.51. The van der Waals surface area contributed by atoms with Crippen molar-refractivity contribution in [3.8, 4) is 11.1 Å². The molecule has 0 radical (unpaired) electrons. The minimum atomic E-state index is -0.994. The SMILES string of the molecule is CCN(C)c1ccc2cc(-c3ccc(N4N=C(C=Cc5ccc(C(=O)O)cc5)CC4c4ccc(C(=O)O)cc4)cc3)c(=O)oc2c1. The maximum atomic E-state index is 13.0. The molecule has 230 valence electrons. The predicted octanol–water partition coefficient (Wildman–Crippen LogP) is 7.33. The Morgan fingerprint density at radius 3 is 2.17 bits per heavy atom. The van der Waals surface area contributed by atoms with E-state index >= 15 is 0 Å². The maximum absolute atomic E-state index is 13.0. The fourth-order valence-corrected chi connectivity index (χ4v) is 5.42. The zero-order valence-corrected chi connectivity index (χ0v) is 25.3. The third-order valence-electron chi connectivity index (χ3n) is 8.18. The van der Waals surface area contributed by atoms with E-state index in [1.54, 1.807) is 48.5 Å². The van der Waals surface area contributed by atoms with Gasteiger partial charge in [-0.25, -0.2) is 14.4 Å². The highest BCUT2D eigenvalue weighted by atomic mass is 16.4. The summed E-state index contributed by atoms with van der Waals surface area (Å²) < 4.78 is 5.72. The van der Waals surface area contributed by atoms with Crippen molar-refractivity contribution in [1.29, 1.82) is 0 Å². The lowest BCUT2D eigenvalue weighted by molar-refractivity contribution is 0.0686. The van der Waals surface area contributed by atoms with E-state index in [4.69, 9.17) is 9.52 Å². The first kappa shape index (κ1) is 30.1. The van der Waals surface area contributed by atoms with E-state index in [9.17, 15) is 24.6 Å². The molecule has 0 saturated heterocycles. The van der Waals surface area contributed by atoms with E-state index in [0.717, 1.165) is 40.1 Å². The molecule has 0 saturated carbocycles. The lowest BCUT2D eigenvalue weighted by Crippen LogP contribution is -2.18. The molecular formula is C37H31N3O6. The Balaban J connectivity index is 1.31. The van der Waals surface area contributed by atoms with Crippen LogP contribution in [0.2, 0.25) is 0 Å². The van der Waals surface area contributed by atoms with Gasteiger partial charge in [0.2, 0.25) is 0 Å². The summed E-state index contributed by atoms with van der Waals surface area (Å²) in [5.41, 5.74) is 5.99. The minimum Gasteiger partial charge on any atom is -0.478 e. The van der Waals surface area contributed by atoms with Gasteiger partial charge in [-0.3, -0.25) is 5.01 Å². The van der Waals surface area contributed by atoms with Gasteiger partial charge in [-0.1, -0.05) is 42.5 Å². The van der Waals surface area contributed by atoms with E-state index in [2.05, 4.69) is 11.8 Å². The van der Waals surface area contributed by atoms with Gasteiger partial charge in [0.1, 0.15) is 5.58 Å². The first-order valence-electron chi connectivity index (χ1n) is 14.8. The second kappa shape index (κ2) is 12.6. The molecule has 9 nitrogen and oxygen atoms in total. The second-order valence-corrected chi connectivity index (χ2v) is 11.1. The van der Waals surface area contributed by atoms with Crippen LogP contribution >= 0.6 is 0 Å². The van der Waals surface area contributed by atoms with Crippen molar-refractivity contribution < 1.29 is 24.2 Å². The monoisotopic (exact) mass is 613 g/mol. The number of carbonyl (C=O) groups is 2. The molecule has 2 heterocycles. The summed E-state index contributed by atoms with van der Waals surface area (Å²) in [7, 11) is 1.98. The number of hydrogen-bond acceptors (Lipinski definition) is 7. The topological polar surface area (TPSA) is 124 Å². The van der Waals surface area contributed by atoms with Crippen LogP contribution in [0.5, 0.6) is 0 Å². The van der Waals surface area contributed by atoms with Gasteiger partial charge in [-0.15, -0.1) is 0 Å². The smallest absolute Gasteiger partial charge is 0.344 e. The Morgan fingerprint density at radius 1 is 0.891 bits per heavy atom. The number of anilines is 2. The van der Waals surface area contributed by atoms with Crippen LogP contribution in [-0.4, -0.2) is 41.5 Å². The Hall–Kier alpha value is -5.96. The van der Waals surface area contributed by atoms with Gasteiger partial charge in [0.15, 0.2) is 0 Å². The van der Waals surface area contributed by atoms with Crippen LogP contribution in [0.4, 0.5) is 11.4 Å². The first-order valence-corrected chi connectivity index (χ1v) is 14.8. The van der Waals surface area contributed by atoms with E-state index in [-0.39, 0.29) is 17.2 Å². The molecule has 2 N–H and O–H groups in total. The molecule has 46 heavy (non-hydrogen) atoms. The molecule has 1 aliphatic heterocycles. The molecule has 9 heteroatoms. The lowest BCUT2D eigenvalue weighted by Gasteiger charge is -2.24. The van der Waals surface area contributed by atoms with Crippen molar-refractivity contribution in [3.63, 3.8) is 0 Å². The van der Waals surface area contributed by atoms with Gasteiger partial charge in [0, 0.05) is 37.2 Å². The summed E-state index contributed by atoms with van der Waals surface area (Å²) in [5.74, 6) is -1.98. The number of benzene rings is 4. The number of carboxylic acids is 2.